The molecular formula is C19H22N2O. The summed E-state index contributed by atoms with van der Waals surface area (Å²) in [4.78, 5) is 14.5. The van der Waals surface area contributed by atoms with E-state index in [0.29, 0.717) is 6.04 Å². The Morgan fingerprint density at radius 1 is 1.05 bits per heavy atom. The predicted molar refractivity (Wildman–Crippen MR) is 89.9 cm³/mol. The minimum absolute atomic E-state index is 0.105. The Morgan fingerprint density at radius 3 is 2.36 bits per heavy atom. The third-order valence-electron chi connectivity index (χ3n) is 4.38. The second-order valence-corrected chi connectivity index (χ2v) is 5.86. The van der Waals surface area contributed by atoms with Crippen LogP contribution in [0.4, 0.5) is 0 Å². The smallest absolute Gasteiger partial charge is 0.253 e. The van der Waals surface area contributed by atoms with Gasteiger partial charge in [-0.3, -0.25) is 4.79 Å². The monoisotopic (exact) mass is 294 g/mol. The van der Waals surface area contributed by atoms with E-state index in [4.69, 9.17) is 0 Å². The van der Waals surface area contributed by atoms with E-state index in [1.165, 1.54) is 5.56 Å². The number of nitrogens with one attached hydrogen (secondary N) is 1. The predicted octanol–water partition coefficient (Wildman–Crippen LogP) is 3.18. The molecule has 114 valence electrons. The lowest BCUT2D eigenvalue weighted by atomic mass is 10.0. The first-order valence-electron chi connectivity index (χ1n) is 7.89. The number of hydrogen-bond donors (Lipinski definition) is 1. The van der Waals surface area contributed by atoms with Gasteiger partial charge < -0.3 is 10.2 Å². The fourth-order valence-electron chi connectivity index (χ4n) is 2.97. The minimum atomic E-state index is 0.105. The molecule has 0 aromatic heterocycles. The fraction of sp³-hybridized carbons (Fsp3) is 0.316. The van der Waals surface area contributed by atoms with Gasteiger partial charge in [0, 0.05) is 25.2 Å². The highest BCUT2D eigenvalue weighted by atomic mass is 16.2. The molecule has 22 heavy (non-hydrogen) atoms. The Hall–Kier alpha value is -2.13. The Bertz CT molecular complexity index is 616. The van der Waals surface area contributed by atoms with Gasteiger partial charge in [-0.25, -0.2) is 0 Å². The lowest BCUT2D eigenvalue weighted by molar-refractivity contribution is 0.0708. The Kier molecular flexibility index (Phi) is 4.54. The van der Waals surface area contributed by atoms with Gasteiger partial charge in [0.25, 0.3) is 5.91 Å². The minimum Gasteiger partial charge on any atom is -0.337 e. The summed E-state index contributed by atoms with van der Waals surface area (Å²) in [6.07, 6.45) is 2.21. The van der Waals surface area contributed by atoms with Crippen molar-refractivity contribution in [3.63, 3.8) is 0 Å². The molecule has 1 amide bonds. The number of nitrogens with zero attached hydrogens (tertiary/aromatic N) is 1. The third-order valence-corrected chi connectivity index (χ3v) is 4.38. The zero-order chi connectivity index (χ0) is 15.4. The van der Waals surface area contributed by atoms with E-state index in [2.05, 4.69) is 17.4 Å². The summed E-state index contributed by atoms with van der Waals surface area (Å²) < 4.78 is 0. The topological polar surface area (TPSA) is 32.3 Å². The standard InChI is InChI=1S/C19H22N2O/c1-21(18-8-5-13-20-14-18)19(22)17-11-9-16(10-12-17)15-6-3-2-4-7-15/h2-4,6-7,9-12,18,20H,5,8,13-14H2,1H3. The van der Waals surface area contributed by atoms with Crippen LogP contribution in [0.3, 0.4) is 0 Å². The molecule has 3 heteroatoms. The van der Waals surface area contributed by atoms with Crippen molar-refractivity contribution in [3.8, 4) is 11.1 Å². The maximum atomic E-state index is 12.6. The number of carbonyl (C=O) groups is 1. The van der Waals surface area contributed by atoms with Crippen LogP contribution in [-0.2, 0) is 0 Å². The second-order valence-electron chi connectivity index (χ2n) is 5.86. The first kappa shape index (κ1) is 14.8. The summed E-state index contributed by atoms with van der Waals surface area (Å²) in [5.74, 6) is 0.105. The van der Waals surface area contributed by atoms with E-state index in [-0.39, 0.29) is 5.91 Å². The Morgan fingerprint density at radius 2 is 1.73 bits per heavy atom. The average molecular weight is 294 g/mol. The van der Waals surface area contributed by atoms with Crippen LogP contribution in [0.2, 0.25) is 0 Å². The molecule has 0 aliphatic carbocycles. The molecule has 1 atom stereocenters. The maximum Gasteiger partial charge on any atom is 0.253 e. The molecule has 1 aliphatic rings. The Labute approximate surface area is 132 Å². The molecule has 1 unspecified atom stereocenters. The molecule has 1 aliphatic heterocycles. The SMILES string of the molecule is CN(C(=O)c1ccc(-c2ccccc2)cc1)C1CCCNC1. The van der Waals surface area contributed by atoms with Gasteiger partial charge in [0.2, 0.25) is 0 Å². The lowest BCUT2D eigenvalue weighted by Crippen LogP contribution is -2.46. The zero-order valence-corrected chi connectivity index (χ0v) is 13.0. The summed E-state index contributed by atoms with van der Waals surface area (Å²) in [5, 5.41) is 3.36. The van der Waals surface area contributed by atoms with Crippen LogP contribution in [0.25, 0.3) is 11.1 Å². The second kappa shape index (κ2) is 6.75. The molecule has 2 aromatic carbocycles. The summed E-state index contributed by atoms with van der Waals surface area (Å²) in [7, 11) is 1.91. The van der Waals surface area contributed by atoms with Gasteiger partial charge in [-0.1, -0.05) is 42.5 Å². The van der Waals surface area contributed by atoms with Gasteiger partial charge in [0.1, 0.15) is 0 Å². The number of rotatable bonds is 3. The van der Waals surface area contributed by atoms with Crippen LogP contribution in [0.1, 0.15) is 23.2 Å². The van der Waals surface area contributed by atoms with Crippen molar-refractivity contribution >= 4 is 5.91 Å². The Balaban J connectivity index is 1.73. The molecule has 0 bridgehead atoms. The van der Waals surface area contributed by atoms with Crippen molar-refractivity contribution in [2.45, 2.75) is 18.9 Å². The van der Waals surface area contributed by atoms with Crippen LogP contribution < -0.4 is 5.32 Å². The van der Waals surface area contributed by atoms with Gasteiger partial charge in [0.05, 0.1) is 0 Å². The highest BCUT2D eigenvalue weighted by molar-refractivity contribution is 5.94. The maximum absolute atomic E-state index is 12.6. The zero-order valence-electron chi connectivity index (χ0n) is 13.0. The highest BCUT2D eigenvalue weighted by Crippen LogP contribution is 2.20. The van der Waals surface area contributed by atoms with Crippen molar-refractivity contribution < 1.29 is 4.79 Å². The quantitative estimate of drug-likeness (QED) is 0.943. The van der Waals surface area contributed by atoms with E-state index in [9.17, 15) is 4.79 Å². The van der Waals surface area contributed by atoms with Crippen LogP contribution in [0.15, 0.2) is 54.6 Å². The lowest BCUT2D eigenvalue weighted by Gasteiger charge is -2.31. The average Bonchev–Trinajstić information content (AvgIpc) is 2.62. The van der Waals surface area contributed by atoms with E-state index in [0.717, 1.165) is 37.1 Å². The number of carbonyl (C=O) groups excluding carboxylic acids is 1. The first-order valence-corrected chi connectivity index (χ1v) is 7.89. The highest BCUT2D eigenvalue weighted by Gasteiger charge is 2.22. The molecule has 0 radical (unpaired) electrons. The molecule has 0 saturated carbocycles. The molecule has 2 aromatic rings. The van der Waals surface area contributed by atoms with Gasteiger partial charge in [-0.15, -0.1) is 0 Å². The van der Waals surface area contributed by atoms with Gasteiger partial charge in [-0.05, 0) is 42.6 Å². The number of likely N-dealkylation sites (N-methyl/N-ethyl adjacent to an activating group) is 1. The molecule has 3 rings (SSSR count). The van der Waals surface area contributed by atoms with Crippen LogP contribution in [0, 0.1) is 0 Å². The number of piperidine rings is 1. The van der Waals surface area contributed by atoms with Crippen molar-refractivity contribution in [1.82, 2.24) is 10.2 Å². The molecule has 1 N–H and O–H groups in total. The first-order chi connectivity index (χ1) is 10.8. The normalized spacial score (nSPS) is 18.0. The summed E-state index contributed by atoms with van der Waals surface area (Å²) in [6, 6.07) is 18.4. The molecule has 1 heterocycles. The number of hydrogen-bond acceptors (Lipinski definition) is 2. The van der Waals surface area contributed by atoms with E-state index >= 15 is 0 Å². The van der Waals surface area contributed by atoms with E-state index < -0.39 is 0 Å². The summed E-state index contributed by atoms with van der Waals surface area (Å²) in [5.41, 5.74) is 3.07. The van der Waals surface area contributed by atoms with Gasteiger partial charge >= 0.3 is 0 Å². The molecule has 1 saturated heterocycles. The van der Waals surface area contributed by atoms with Crippen molar-refractivity contribution in [1.29, 1.82) is 0 Å². The molecular weight excluding hydrogens is 272 g/mol. The number of amides is 1. The molecule has 3 nitrogen and oxygen atoms in total. The van der Waals surface area contributed by atoms with Gasteiger partial charge in [-0.2, -0.15) is 0 Å². The summed E-state index contributed by atoms with van der Waals surface area (Å²) in [6.45, 7) is 1.95. The largest absolute Gasteiger partial charge is 0.337 e. The van der Waals surface area contributed by atoms with Crippen molar-refractivity contribution in [2.24, 2.45) is 0 Å². The van der Waals surface area contributed by atoms with Gasteiger partial charge in [0.15, 0.2) is 0 Å². The van der Waals surface area contributed by atoms with E-state index in [1.807, 2.05) is 54.4 Å². The van der Waals surface area contributed by atoms with Crippen molar-refractivity contribution in [2.75, 3.05) is 20.1 Å². The van der Waals surface area contributed by atoms with Crippen LogP contribution in [-0.4, -0.2) is 37.0 Å². The molecule has 0 spiro atoms. The van der Waals surface area contributed by atoms with Crippen LogP contribution in [0.5, 0.6) is 0 Å². The third kappa shape index (κ3) is 3.20. The van der Waals surface area contributed by atoms with Crippen LogP contribution >= 0.6 is 0 Å². The van der Waals surface area contributed by atoms with Crippen molar-refractivity contribution in [3.05, 3.63) is 60.2 Å². The van der Waals surface area contributed by atoms with E-state index in [1.54, 1.807) is 0 Å². The fourth-order valence-corrected chi connectivity index (χ4v) is 2.97. The summed E-state index contributed by atoms with van der Waals surface area (Å²) >= 11 is 0. The number of benzene rings is 2. The molecule has 1 fully saturated rings.